The Kier molecular flexibility index (Phi) is 35.5. The van der Waals surface area contributed by atoms with Gasteiger partial charge < -0.3 is 66.6 Å². The van der Waals surface area contributed by atoms with Gasteiger partial charge in [0.05, 0.1) is 158 Å². The lowest BCUT2D eigenvalue weighted by atomic mass is 10.2. The van der Waals surface area contributed by atoms with Gasteiger partial charge in [0.2, 0.25) is 0 Å². The summed E-state index contributed by atoms with van der Waals surface area (Å²) in [5.41, 5.74) is 1.51. The van der Waals surface area contributed by atoms with Crippen molar-refractivity contribution >= 4 is 20.0 Å². The van der Waals surface area contributed by atoms with E-state index in [0.29, 0.717) is 158 Å². The van der Waals surface area contributed by atoms with Gasteiger partial charge in [-0.15, -0.1) is 0 Å². The third-order valence-corrected chi connectivity index (χ3v) is 7.99. The maximum absolute atomic E-state index is 12.1. The van der Waals surface area contributed by atoms with E-state index in [4.69, 9.17) is 61.3 Å². The highest BCUT2D eigenvalue weighted by Crippen LogP contribution is 2.11. The van der Waals surface area contributed by atoms with Gasteiger partial charge >= 0.3 is 5.97 Å². The van der Waals surface area contributed by atoms with Gasteiger partial charge in [0.1, 0.15) is 6.61 Å². The Hall–Kier alpha value is -1.77. The summed E-state index contributed by atoms with van der Waals surface area (Å²) >= 11 is 0. The molecule has 1 rings (SSSR count). The first kappa shape index (κ1) is 50.2. The number of esters is 1. The Balaban J connectivity index is 1.68. The van der Waals surface area contributed by atoms with Crippen LogP contribution >= 0.6 is 0 Å². The van der Waals surface area contributed by atoms with Crippen LogP contribution in [0.5, 0.6) is 0 Å². The van der Waals surface area contributed by atoms with Crippen molar-refractivity contribution < 1.29 is 66.1 Å². The van der Waals surface area contributed by atoms with Gasteiger partial charge in [-0.2, -0.15) is 0 Å². The number of hydrogen-bond acceptors (Lipinski definition) is 15. The van der Waals surface area contributed by atoms with Gasteiger partial charge in [-0.25, -0.2) is 4.79 Å². The Labute approximate surface area is 325 Å². The molecule has 0 aliphatic carbocycles. The predicted octanol–water partition coefficient (Wildman–Crippen LogP) is 4.09. The lowest BCUT2D eigenvalue weighted by Crippen LogP contribution is -2.27. The standard InChI is InChI=1S/C38H71NO14Si/c1-5-6-11-39-37-9-7-36(8-10-37)38(40)52-34-32-50-30-28-48-26-24-46-22-20-44-18-16-42-14-12-41-13-15-43-17-19-45-21-23-47-25-27-49-29-31-51-33-35-53-54(2,3)4/h7-10,39H,5-6,11-35H2,1-4H3. The van der Waals surface area contributed by atoms with Crippen molar-refractivity contribution in [2.75, 3.05) is 170 Å². The van der Waals surface area contributed by atoms with Gasteiger partial charge in [0.15, 0.2) is 8.32 Å². The molecule has 0 aliphatic heterocycles. The van der Waals surface area contributed by atoms with Crippen molar-refractivity contribution in [1.29, 1.82) is 0 Å². The van der Waals surface area contributed by atoms with Gasteiger partial charge in [0.25, 0.3) is 0 Å². The van der Waals surface area contributed by atoms with Crippen molar-refractivity contribution in [2.45, 2.75) is 39.4 Å². The maximum atomic E-state index is 12.1. The first-order valence-corrected chi connectivity index (χ1v) is 22.8. The average Bonchev–Trinajstić information content (AvgIpc) is 3.16. The molecule has 1 aromatic rings. The molecule has 0 bridgehead atoms. The molecule has 0 heterocycles. The smallest absolute Gasteiger partial charge is 0.338 e. The molecule has 1 aromatic carbocycles. The van der Waals surface area contributed by atoms with Crippen LogP contribution in [0.2, 0.25) is 19.6 Å². The summed E-state index contributed by atoms with van der Waals surface area (Å²) in [7, 11) is -1.46. The molecule has 1 N–H and O–H groups in total. The van der Waals surface area contributed by atoms with Gasteiger partial charge in [-0.1, -0.05) is 13.3 Å². The number of benzene rings is 1. The van der Waals surface area contributed by atoms with E-state index in [2.05, 4.69) is 31.9 Å². The van der Waals surface area contributed by atoms with Crippen LogP contribution in [0.15, 0.2) is 24.3 Å². The second-order valence-electron chi connectivity index (χ2n) is 12.7. The van der Waals surface area contributed by atoms with Crippen LogP contribution in [0.3, 0.4) is 0 Å². The van der Waals surface area contributed by atoms with E-state index in [0.717, 1.165) is 25.1 Å². The molecule has 0 atom stereocenters. The Bertz CT molecular complexity index is 942. The number of nitrogens with one attached hydrogen (secondary N) is 1. The fourth-order valence-electron chi connectivity index (χ4n) is 4.12. The molecule has 0 aromatic heterocycles. The minimum atomic E-state index is -1.46. The molecule has 0 saturated carbocycles. The Morgan fingerprint density at radius 2 is 0.759 bits per heavy atom. The van der Waals surface area contributed by atoms with Crippen LogP contribution in [-0.4, -0.2) is 179 Å². The zero-order valence-electron chi connectivity index (χ0n) is 33.6. The quantitative estimate of drug-likeness (QED) is 0.0575. The van der Waals surface area contributed by atoms with Crippen molar-refractivity contribution in [3.63, 3.8) is 0 Å². The summed E-state index contributed by atoms with van der Waals surface area (Å²) in [4.78, 5) is 12.1. The molecule has 54 heavy (non-hydrogen) atoms. The molecule has 0 aliphatic rings. The SMILES string of the molecule is CCCCNc1ccc(C(=O)OCCOCCOCCOCCOCCOCCOCCOCCOCCOCCOCCOCCO[Si](C)(C)C)cc1. The molecule has 0 saturated heterocycles. The molecule has 16 heteroatoms. The highest BCUT2D eigenvalue weighted by molar-refractivity contribution is 6.69. The second-order valence-corrected chi connectivity index (χ2v) is 17.2. The third-order valence-electron chi connectivity index (χ3n) is 6.92. The summed E-state index contributed by atoms with van der Waals surface area (Å²) < 4.78 is 71.3. The topological polar surface area (TPSA) is 149 Å². The van der Waals surface area contributed by atoms with Crippen LogP contribution in [0.1, 0.15) is 30.1 Å². The number of ether oxygens (including phenoxy) is 12. The first-order chi connectivity index (χ1) is 26.4. The highest BCUT2D eigenvalue weighted by atomic mass is 28.4. The minimum absolute atomic E-state index is 0.189. The van der Waals surface area contributed by atoms with Crippen LogP contribution in [-0.2, 0) is 61.3 Å². The molecule has 0 amide bonds. The van der Waals surface area contributed by atoms with Crippen LogP contribution < -0.4 is 5.32 Å². The largest absolute Gasteiger partial charge is 0.460 e. The number of anilines is 1. The van der Waals surface area contributed by atoms with Gasteiger partial charge in [-0.05, 0) is 50.3 Å². The summed E-state index contributed by atoms with van der Waals surface area (Å²) in [6.45, 7) is 21.2. The molecule has 0 radical (unpaired) electrons. The monoisotopic (exact) mass is 793 g/mol. The summed E-state index contributed by atoms with van der Waals surface area (Å²) in [6.07, 6.45) is 2.24. The maximum Gasteiger partial charge on any atom is 0.338 e. The van der Waals surface area contributed by atoms with E-state index in [1.165, 1.54) is 0 Å². The summed E-state index contributed by atoms with van der Waals surface area (Å²) in [5, 5.41) is 3.32. The van der Waals surface area contributed by atoms with Crippen molar-refractivity contribution in [3.05, 3.63) is 29.8 Å². The average molecular weight is 794 g/mol. The molecule has 0 unspecified atom stereocenters. The lowest BCUT2D eigenvalue weighted by molar-refractivity contribution is -0.0282. The molecular weight excluding hydrogens is 722 g/mol. The van der Waals surface area contributed by atoms with Crippen LogP contribution in [0.25, 0.3) is 0 Å². The third kappa shape index (κ3) is 35.9. The normalized spacial score (nSPS) is 11.7. The fourth-order valence-corrected chi connectivity index (χ4v) is 4.81. The fraction of sp³-hybridized carbons (Fsp3) is 0.816. The summed E-state index contributed by atoms with van der Waals surface area (Å²) in [5.74, 6) is -0.362. The van der Waals surface area contributed by atoms with E-state index in [1.807, 2.05) is 12.1 Å². The van der Waals surface area contributed by atoms with Gasteiger partial charge in [0, 0.05) is 12.2 Å². The minimum Gasteiger partial charge on any atom is -0.460 e. The molecule has 0 spiro atoms. The molecular formula is C38H71NO14Si. The van der Waals surface area contributed by atoms with Crippen molar-refractivity contribution in [3.8, 4) is 0 Å². The van der Waals surface area contributed by atoms with Crippen molar-refractivity contribution in [1.82, 2.24) is 0 Å². The van der Waals surface area contributed by atoms with E-state index in [9.17, 15) is 4.79 Å². The van der Waals surface area contributed by atoms with Crippen LogP contribution in [0, 0.1) is 0 Å². The van der Waals surface area contributed by atoms with E-state index < -0.39 is 8.32 Å². The van der Waals surface area contributed by atoms with E-state index >= 15 is 0 Å². The molecule has 15 nitrogen and oxygen atoms in total. The Morgan fingerprint density at radius 1 is 0.463 bits per heavy atom. The zero-order chi connectivity index (χ0) is 39.1. The lowest BCUT2D eigenvalue weighted by Gasteiger charge is -2.16. The molecule has 0 fully saturated rings. The zero-order valence-corrected chi connectivity index (χ0v) is 34.6. The number of rotatable bonds is 42. The predicted molar refractivity (Wildman–Crippen MR) is 208 cm³/mol. The van der Waals surface area contributed by atoms with Gasteiger partial charge in [-0.3, -0.25) is 0 Å². The number of unbranched alkanes of at least 4 members (excludes halogenated alkanes) is 1. The van der Waals surface area contributed by atoms with E-state index in [-0.39, 0.29) is 12.6 Å². The number of hydrogen-bond donors (Lipinski definition) is 1. The summed E-state index contributed by atoms with van der Waals surface area (Å²) in [6, 6.07) is 7.29. The number of carbonyl (C=O) groups is 1. The highest BCUT2D eigenvalue weighted by Gasteiger charge is 2.13. The number of carbonyl (C=O) groups excluding carboxylic acids is 1. The second kappa shape index (κ2) is 38.1. The molecule has 316 valence electrons. The van der Waals surface area contributed by atoms with Crippen LogP contribution in [0.4, 0.5) is 5.69 Å². The first-order valence-electron chi connectivity index (χ1n) is 19.4. The van der Waals surface area contributed by atoms with E-state index in [1.54, 1.807) is 12.1 Å². The van der Waals surface area contributed by atoms with Crippen molar-refractivity contribution in [2.24, 2.45) is 0 Å². The Morgan fingerprint density at radius 3 is 1.06 bits per heavy atom.